The fraction of sp³-hybridized carbons (Fsp3) is 0.766. The molecule has 0 aromatic carbocycles. The van der Waals surface area contributed by atoms with E-state index in [4.69, 9.17) is 33.2 Å². The van der Waals surface area contributed by atoms with Crippen molar-refractivity contribution in [2.75, 3.05) is 7.11 Å². The number of esters is 1. The summed E-state index contributed by atoms with van der Waals surface area (Å²) in [5.74, 6) is -3.47. The van der Waals surface area contributed by atoms with Crippen LogP contribution in [0.4, 0.5) is 0 Å². The van der Waals surface area contributed by atoms with Gasteiger partial charge in [-0.05, 0) is 33.6 Å². The maximum Gasteiger partial charge on any atom is 0.306 e. The summed E-state index contributed by atoms with van der Waals surface area (Å²) in [6.45, 7) is 10.3. The van der Waals surface area contributed by atoms with E-state index in [2.05, 4.69) is 0 Å². The Kier molecular flexibility index (Phi) is 21.4. The quantitative estimate of drug-likeness (QED) is 0.167. The minimum absolute atomic E-state index is 0.165. The lowest BCUT2D eigenvalue weighted by molar-refractivity contribution is -0.341. The normalized spacial score (nSPS) is 48.4. The van der Waals surface area contributed by atoms with Gasteiger partial charge < -0.3 is 84.2 Å². The summed E-state index contributed by atoms with van der Waals surface area (Å²) < 4.78 is 41.7. The Morgan fingerprint density at radius 3 is 1.95 bits per heavy atom. The molecule has 4 aliphatic heterocycles. The van der Waals surface area contributed by atoms with Crippen molar-refractivity contribution in [1.29, 1.82) is 0 Å². The predicted molar refractivity (Wildman–Crippen MR) is 234 cm³/mol. The van der Waals surface area contributed by atoms with Gasteiger partial charge in [0, 0.05) is 57.5 Å². The second kappa shape index (κ2) is 25.2. The van der Waals surface area contributed by atoms with Crippen molar-refractivity contribution in [2.24, 2.45) is 11.8 Å². The number of ether oxygens (including phenoxy) is 7. The first-order valence-corrected chi connectivity index (χ1v) is 22.9. The van der Waals surface area contributed by atoms with E-state index in [1.807, 2.05) is 39.0 Å². The summed E-state index contributed by atoms with van der Waals surface area (Å²) in [5, 5.41) is 109. The van der Waals surface area contributed by atoms with E-state index >= 15 is 0 Å². The molecule has 372 valence electrons. The van der Waals surface area contributed by atoms with Crippen LogP contribution >= 0.6 is 0 Å². The van der Waals surface area contributed by atoms with Crippen LogP contribution in [0.2, 0.25) is 0 Å². The van der Waals surface area contributed by atoms with Crippen molar-refractivity contribution < 1.29 is 89.0 Å². The molecule has 2 bridgehead atoms. The van der Waals surface area contributed by atoms with Gasteiger partial charge in [0.2, 0.25) is 0 Å². The van der Waals surface area contributed by atoms with E-state index in [1.165, 1.54) is 21.0 Å². The molecule has 0 saturated carbocycles. The molecule has 4 aliphatic rings. The van der Waals surface area contributed by atoms with E-state index in [-0.39, 0.29) is 37.5 Å². The van der Waals surface area contributed by atoms with Crippen LogP contribution in [0.3, 0.4) is 0 Å². The van der Waals surface area contributed by atoms with E-state index in [9.17, 15) is 55.9 Å². The Balaban J connectivity index is 1.62. The van der Waals surface area contributed by atoms with Crippen molar-refractivity contribution in [3.8, 4) is 0 Å². The van der Waals surface area contributed by atoms with Crippen LogP contribution in [0, 0.1) is 11.8 Å². The average molecular weight is 929 g/mol. The number of aliphatic hydroxyl groups excluding tert-OH is 8. The van der Waals surface area contributed by atoms with Gasteiger partial charge in [-0.15, -0.1) is 0 Å². The molecule has 0 aromatic heterocycles. The molecule has 4 rings (SSSR count). The summed E-state index contributed by atoms with van der Waals surface area (Å²) in [6.07, 6.45) is -3.38. The smallest absolute Gasteiger partial charge is 0.306 e. The molecule has 0 aromatic rings. The van der Waals surface area contributed by atoms with E-state index in [1.54, 1.807) is 49.5 Å². The monoisotopic (exact) mass is 929 g/mol. The van der Waals surface area contributed by atoms with Crippen LogP contribution in [0.15, 0.2) is 60.8 Å². The highest BCUT2D eigenvalue weighted by Gasteiger charge is 2.54. The SMILES string of the molecule is CCC1OC(=O)CC[C@@H](O)[C@H](O)C[C@H](O)C[C@]2(O)C[C@H](O)[C@](C)(O)[C@H](CC(O[C@@H]3O[C@H](C)[C@@H](O)[C@H](O)[C@@H]3O)/C=C/C=C/C=C/C=C/C=C/C(C)C(O[C@H]3C[C@@H](O)[C@@H](OC)[C@@H](C)O3)C1C)O2. The molecule has 3 fully saturated rings. The molecule has 10 N–H and O–H groups in total. The van der Waals surface area contributed by atoms with Gasteiger partial charge in [0.1, 0.15) is 36.1 Å². The molecular weight excluding hydrogens is 852 g/mol. The number of carbonyl (C=O) groups excluding carboxylic acids is 1. The number of rotatable bonds is 6. The number of fused-ring (bicyclic) bond motifs is 2. The third-order valence-corrected chi connectivity index (χ3v) is 13.0. The molecule has 0 aliphatic carbocycles. The first-order valence-electron chi connectivity index (χ1n) is 22.9. The third kappa shape index (κ3) is 15.5. The molecule has 18 nitrogen and oxygen atoms in total. The predicted octanol–water partition coefficient (Wildman–Crippen LogP) is 1.11. The van der Waals surface area contributed by atoms with Crippen molar-refractivity contribution in [2.45, 2.75) is 208 Å². The summed E-state index contributed by atoms with van der Waals surface area (Å²) >= 11 is 0. The topological polar surface area (TPSA) is 284 Å². The molecule has 65 heavy (non-hydrogen) atoms. The van der Waals surface area contributed by atoms with Crippen LogP contribution in [-0.4, -0.2) is 180 Å². The number of hydrogen-bond acceptors (Lipinski definition) is 18. The maximum absolute atomic E-state index is 13.2. The molecule has 4 heterocycles. The number of aliphatic hydroxyl groups is 10. The van der Waals surface area contributed by atoms with Crippen molar-refractivity contribution in [3.63, 3.8) is 0 Å². The third-order valence-electron chi connectivity index (χ3n) is 13.0. The van der Waals surface area contributed by atoms with Crippen LogP contribution in [0.1, 0.15) is 92.9 Å². The first-order chi connectivity index (χ1) is 30.6. The lowest BCUT2D eigenvalue weighted by Crippen LogP contribution is -2.63. The molecule has 18 heteroatoms. The van der Waals surface area contributed by atoms with Crippen LogP contribution in [-0.2, 0) is 38.0 Å². The highest BCUT2D eigenvalue weighted by Crippen LogP contribution is 2.40. The first kappa shape index (κ1) is 55.1. The Bertz CT molecular complexity index is 1590. The largest absolute Gasteiger partial charge is 0.462 e. The summed E-state index contributed by atoms with van der Waals surface area (Å²) in [7, 11) is 1.51. The lowest BCUT2D eigenvalue weighted by atomic mass is 9.80. The van der Waals surface area contributed by atoms with E-state index < -0.39 is 141 Å². The molecular formula is C47H76O18. The van der Waals surface area contributed by atoms with Gasteiger partial charge in [0.15, 0.2) is 18.4 Å². The number of carbonyl (C=O) groups is 1. The van der Waals surface area contributed by atoms with Crippen molar-refractivity contribution >= 4 is 5.97 Å². The molecule has 5 unspecified atom stereocenters. The summed E-state index contributed by atoms with van der Waals surface area (Å²) in [4.78, 5) is 13.2. The Labute approximate surface area is 382 Å². The van der Waals surface area contributed by atoms with E-state index in [0.29, 0.717) is 6.42 Å². The molecule has 3 saturated heterocycles. The fourth-order valence-electron chi connectivity index (χ4n) is 8.89. The average Bonchev–Trinajstić information content (AvgIpc) is 3.23. The fourth-order valence-corrected chi connectivity index (χ4v) is 8.89. The van der Waals surface area contributed by atoms with Gasteiger partial charge in [0.05, 0.1) is 61.0 Å². The molecule has 0 radical (unpaired) electrons. The van der Waals surface area contributed by atoms with Crippen LogP contribution in [0.25, 0.3) is 0 Å². The Hall–Kier alpha value is -2.47. The molecule has 0 spiro atoms. The molecule has 0 amide bonds. The number of methoxy groups -OCH3 is 1. The molecule has 21 atom stereocenters. The zero-order valence-corrected chi connectivity index (χ0v) is 38.6. The number of allylic oxidation sites excluding steroid dienone is 8. The van der Waals surface area contributed by atoms with Gasteiger partial charge >= 0.3 is 5.97 Å². The van der Waals surface area contributed by atoms with Crippen LogP contribution in [0.5, 0.6) is 0 Å². The zero-order valence-electron chi connectivity index (χ0n) is 38.6. The van der Waals surface area contributed by atoms with Gasteiger partial charge in [-0.3, -0.25) is 4.79 Å². The number of hydrogen-bond donors (Lipinski definition) is 10. The van der Waals surface area contributed by atoms with E-state index in [0.717, 1.165) is 0 Å². The van der Waals surface area contributed by atoms with Gasteiger partial charge in [0.25, 0.3) is 0 Å². The summed E-state index contributed by atoms with van der Waals surface area (Å²) in [6, 6.07) is 0. The van der Waals surface area contributed by atoms with Crippen molar-refractivity contribution in [1.82, 2.24) is 0 Å². The summed E-state index contributed by atoms with van der Waals surface area (Å²) in [5.41, 5.74) is -1.97. The highest BCUT2D eigenvalue weighted by molar-refractivity contribution is 5.69. The second-order valence-electron chi connectivity index (χ2n) is 18.3. The zero-order chi connectivity index (χ0) is 48.2. The highest BCUT2D eigenvalue weighted by atomic mass is 16.7. The van der Waals surface area contributed by atoms with Crippen molar-refractivity contribution in [3.05, 3.63) is 60.8 Å². The van der Waals surface area contributed by atoms with Gasteiger partial charge in [-0.1, -0.05) is 81.5 Å². The lowest BCUT2D eigenvalue weighted by Gasteiger charge is -2.49. The number of cyclic esters (lactones) is 1. The minimum atomic E-state index is -2.24. The minimum Gasteiger partial charge on any atom is -0.462 e. The standard InChI is InChI=1S/C47H76O18/c1-8-35-27(3)43(64-39-23-34(51)44(59-7)29(5)60-39)26(2)17-15-13-11-9-10-12-14-16-18-31(62-45-42(56)41(55)40(54)28(4)61-45)22-37-46(6,57)36(52)25-47(58,65-37)24-30(48)21-33(50)32(49)19-20-38(53)63-35/h9-18,26-37,39-45,48-52,54-58H,8,19-25H2,1-7H3/b10-9+,13-11+,14-12+,17-15+,18-16+/t26?,27?,28-,29-,30+,31?,32-,33-,34-,35?,36+,37+,39+,40-,41+,42+,43?,44+,45+,46+,47-/m1/s1. The maximum atomic E-state index is 13.2. The van der Waals surface area contributed by atoms with Gasteiger partial charge in [-0.25, -0.2) is 0 Å². The Morgan fingerprint density at radius 2 is 1.34 bits per heavy atom. The van der Waals surface area contributed by atoms with Crippen LogP contribution < -0.4 is 0 Å². The second-order valence-corrected chi connectivity index (χ2v) is 18.3. The van der Waals surface area contributed by atoms with Gasteiger partial charge in [-0.2, -0.15) is 0 Å². The Morgan fingerprint density at radius 1 is 0.708 bits per heavy atom.